The zero-order chi connectivity index (χ0) is 34.4. The zero-order valence-electron chi connectivity index (χ0n) is 28.1. The van der Waals surface area contributed by atoms with Crippen LogP contribution in [0.5, 0.6) is 5.75 Å². The van der Waals surface area contributed by atoms with Gasteiger partial charge in [-0.05, 0) is 81.5 Å². The first-order chi connectivity index (χ1) is 23.1. The monoisotopic (exact) mass is 697 g/mol. The lowest BCUT2D eigenvalue weighted by Gasteiger charge is -2.17. The van der Waals surface area contributed by atoms with Gasteiger partial charge in [-0.2, -0.15) is 13.2 Å². The second-order valence-corrected chi connectivity index (χ2v) is 14.3. The molecule has 1 unspecified atom stereocenters. The molecular formula is C39H46F3NO3S2. The summed E-state index contributed by atoms with van der Waals surface area (Å²) in [5, 5.41) is 0.877. The summed E-state index contributed by atoms with van der Waals surface area (Å²) < 4.78 is 50.1. The fourth-order valence-corrected chi connectivity index (χ4v) is 8.26. The van der Waals surface area contributed by atoms with Gasteiger partial charge in [0.2, 0.25) is 0 Å². The molecule has 0 saturated carbocycles. The Labute approximate surface area is 291 Å². The maximum absolute atomic E-state index is 13.1. The molecule has 0 saturated heterocycles. The van der Waals surface area contributed by atoms with Gasteiger partial charge in [0.25, 0.3) is 0 Å². The van der Waals surface area contributed by atoms with E-state index in [2.05, 4.69) is 36.4 Å². The number of ether oxygens (including phenoxy) is 2. The highest BCUT2D eigenvalue weighted by Crippen LogP contribution is 2.45. The standard InChI is InChI=1S/C39H46F3NO3S2/c1-4-45-36(44)27-46-34-25-24-33(26-28(34)2)47-35(19-15-10-8-6-5-7-9-12-16-30-17-13-11-14-18-30)37-29(3)43-38(48-37)31-20-22-32(23-21-31)39(40,41)42/h11,13-14,17-18,20-26,35H,4-10,12,15-16,19,27H2,1-3H3. The van der Waals surface area contributed by atoms with Gasteiger partial charge < -0.3 is 9.47 Å². The van der Waals surface area contributed by atoms with Crippen molar-refractivity contribution in [2.24, 2.45) is 0 Å². The van der Waals surface area contributed by atoms with Crippen LogP contribution >= 0.6 is 23.1 Å². The van der Waals surface area contributed by atoms with Crippen molar-refractivity contribution in [1.82, 2.24) is 4.98 Å². The fraction of sp³-hybridized carbons (Fsp3) is 0.436. The van der Waals surface area contributed by atoms with Crippen molar-refractivity contribution >= 4 is 29.1 Å². The van der Waals surface area contributed by atoms with Crippen LogP contribution in [0.3, 0.4) is 0 Å². The van der Waals surface area contributed by atoms with E-state index in [9.17, 15) is 18.0 Å². The van der Waals surface area contributed by atoms with Gasteiger partial charge in [-0.25, -0.2) is 9.78 Å². The van der Waals surface area contributed by atoms with Crippen LogP contribution in [0.4, 0.5) is 13.2 Å². The van der Waals surface area contributed by atoms with Gasteiger partial charge in [0.05, 0.1) is 17.9 Å². The quantitative estimate of drug-likeness (QED) is 0.0554. The molecule has 0 N–H and O–H groups in total. The smallest absolute Gasteiger partial charge is 0.416 e. The molecule has 4 rings (SSSR count). The normalized spacial score (nSPS) is 12.2. The Hall–Kier alpha value is -3.30. The van der Waals surface area contributed by atoms with Crippen molar-refractivity contribution in [2.45, 2.75) is 101 Å². The van der Waals surface area contributed by atoms with Gasteiger partial charge in [0, 0.05) is 20.6 Å². The maximum Gasteiger partial charge on any atom is 0.416 e. The average Bonchev–Trinajstić information content (AvgIpc) is 3.46. The Bertz CT molecular complexity index is 1560. The van der Waals surface area contributed by atoms with Gasteiger partial charge >= 0.3 is 12.1 Å². The van der Waals surface area contributed by atoms with E-state index in [4.69, 9.17) is 14.5 Å². The second-order valence-electron chi connectivity index (χ2n) is 12.0. The molecule has 0 bridgehead atoms. The number of alkyl halides is 3. The molecule has 0 spiro atoms. The molecule has 0 aliphatic carbocycles. The summed E-state index contributed by atoms with van der Waals surface area (Å²) in [6.45, 7) is 5.89. The van der Waals surface area contributed by atoms with E-state index in [0.717, 1.165) is 63.9 Å². The Kier molecular flexibility index (Phi) is 14.9. The minimum Gasteiger partial charge on any atom is -0.482 e. The van der Waals surface area contributed by atoms with Gasteiger partial charge in [0.15, 0.2) is 6.61 Å². The van der Waals surface area contributed by atoms with E-state index in [1.165, 1.54) is 56.2 Å². The number of benzene rings is 3. The Morgan fingerprint density at radius 2 is 1.54 bits per heavy atom. The summed E-state index contributed by atoms with van der Waals surface area (Å²) in [5.41, 5.74) is 3.28. The van der Waals surface area contributed by atoms with Crippen molar-refractivity contribution in [1.29, 1.82) is 0 Å². The van der Waals surface area contributed by atoms with Crippen LogP contribution in [0, 0.1) is 13.8 Å². The van der Waals surface area contributed by atoms with Crippen molar-refractivity contribution < 1.29 is 27.4 Å². The molecule has 1 heterocycles. The van der Waals surface area contributed by atoms with Crippen molar-refractivity contribution in [3.05, 3.63) is 100 Å². The minimum absolute atomic E-state index is 0.135. The molecule has 0 aliphatic rings. The number of rotatable bonds is 19. The summed E-state index contributed by atoms with van der Waals surface area (Å²) in [6, 6.07) is 21.9. The number of hydrogen-bond acceptors (Lipinski definition) is 6. The summed E-state index contributed by atoms with van der Waals surface area (Å²) in [6.07, 6.45) is 7.49. The first-order valence-electron chi connectivity index (χ1n) is 16.9. The molecular weight excluding hydrogens is 652 g/mol. The molecule has 1 aromatic heterocycles. The van der Waals surface area contributed by atoms with E-state index < -0.39 is 17.7 Å². The third kappa shape index (κ3) is 12.0. The van der Waals surface area contributed by atoms with Crippen LogP contribution in [0.1, 0.15) is 97.2 Å². The van der Waals surface area contributed by atoms with Crippen molar-refractivity contribution in [3.8, 4) is 16.3 Å². The van der Waals surface area contributed by atoms with Crippen LogP contribution in [0.25, 0.3) is 10.6 Å². The number of unbranched alkanes of at least 4 members (excludes halogenated alkanes) is 7. The summed E-state index contributed by atoms with van der Waals surface area (Å²) in [5.74, 6) is 0.241. The van der Waals surface area contributed by atoms with Crippen LogP contribution in [-0.2, 0) is 22.1 Å². The van der Waals surface area contributed by atoms with E-state index >= 15 is 0 Å². The Morgan fingerprint density at radius 1 is 0.875 bits per heavy atom. The number of aromatic nitrogens is 1. The summed E-state index contributed by atoms with van der Waals surface area (Å²) in [7, 11) is 0. The third-order valence-electron chi connectivity index (χ3n) is 8.18. The lowest BCUT2D eigenvalue weighted by molar-refractivity contribution is -0.145. The first kappa shape index (κ1) is 37.5. The molecule has 0 aliphatic heterocycles. The molecule has 3 aromatic carbocycles. The number of hydrogen-bond donors (Lipinski definition) is 0. The highest BCUT2D eigenvalue weighted by atomic mass is 32.2. The number of carbonyl (C=O) groups excluding carboxylic acids is 1. The second kappa shape index (κ2) is 19.0. The minimum atomic E-state index is -4.37. The topological polar surface area (TPSA) is 48.4 Å². The molecule has 0 amide bonds. The number of carbonyl (C=O) groups is 1. The van der Waals surface area contributed by atoms with Crippen LogP contribution in [-0.4, -0.2) is 24.2 Å². The maximum atomic E-state index is 13.1. The Balaban J connectivity index is 1.36. The fourth-order valence-electron chi connectivity index (χ4n) is 5.60. The summed E-state index contributed by atoms with van der Waals surface area (Å²) in [4.78, 5) is 18.8. The molecule has 4 nitrogen and oxygen atoms in total. The van der Waals surface area contributed by atoms with E-state index in [1.807, 2.05) is 26.0 Å². The predicted octanol–water partition coefficient (Wildman–Crippen LogP) is 12.0. The SMILES string of the molecule is CCOC(=O)COc1ccc(SC(CCCCCCCCCCc2ccccc2)c2sc(-c3ccc(C(F)(F)F)cc3)nc2C)cc1C. The van der Waals surface area contributed by atoms with Crippen molar-refractivity contribution in [2.75, 3.05) is 13.2 Å². The highest BCUT2D eigenvalue weighted by molar-refractivity contribution is 7.99. The number of halogens is 3. The lowest BCUT2D eigenvalue weighted by atomic mass is 10.0. The van der Waals surface area contributed by atoms with Gasteiger partial charge in [-0.3, -0.25) is 0 Å². The zero-order valence-corrected chi connectivity index (χ0v) is 29.7. The number of nitrogens with zero attached hydrogens (tertiary/aromatic N) is 1. The Morgan fingerprint density at radius 3 is 2.19 bits per heavy atom. The number of esters is 1. The molecule has 258 valence electrons. The van der Waals surface area contributed by atoms with E-state index in [0.29, 0.717) is 17.9 Å². The molecule has 0 fully saturated rings. The third-order valence-corrected chi connectivity index (χ3v) is 10.9. The summed E-state index contributed by atoms with van der Waals surface area (Å²) >= 11 is 3.34. The lowest BCUT2D eigenvalue weighted by Crippen LogP contribution is -2.14. The van der Waals surface area contributed by atoms with Gasteiger partial charge in [0.1, 0.15) is 10.8 Å². The van der Waals surface area contributed by atoms with Crippen LogP contribution in [0.15, 0.2) is 77.7 Å². The number of thioether (sulfide) groups is 1. The van der Waals surface area contributed by atoms with Gasteiger partial charge in [-0.15, -0.1) is 23.1 Å². The van der Waals surface area contributed by atoms with E-state index in [-0.39, 0.29) is 11.9 Å². The van der Waals surface area contributed by atoms with Crippen LogP contribution < -0.4 is 4.74 Å². The average molecular weight is 698 g/mol. The largest absolute Gasteiger partial charge is 0.482 e. The van der Waals surface area contributed by atoms with Crippen molar-refractivity contribution in [3.63, 3.8) is 0 Å². The van der Waals surface area contributed by atoms with E-state index in [1.54, 1.807) is 30.0 Å². The predicted molar refractivity (Wildman–Crippen MR) is 191 cm³/mol. The molecule has 48 heavy (non-hydrogen) atoms. The number of aryl methyl sites for hydroxylation is 3. The first-order valence-corrected chi connectivity index (χ1v) is 18.6. The van der Waals surface area contributed by atoms with Gasteiger partial charge in [-0.1, -0.05) is 87.4 Å². The molecule has 1 atom stereocenters. The molecule has 9 heteroatoms. The highest BCUT2D eigenvalue weighted by Gasteiger charge is 2.30. The van der Waals surface area contributed by atoms with Crippen LogP contribution in [0.2, 0.25) is 0 Å². The number of thiazole rings is 1. The molecule has 0 radical (unpaired) electrons. The molecule has 4 aromatic rings.